The summed E-state index contributed by atoms with van der Waals surface area (Å²) in [5.41, 5.74) is 8.64. The fraction of sp³-hybridized carbons (Fsp3) is 0. The van der Waals surface area contributed by atoms with Gasteiger partial charge >= 0.3 is 0 Å². The third-order valence-electron chi connectivity index (χ3n) is 2.36. The van der Waals surface area contributed by atoms with E-state index in [0.717, 1.165) is 20.6 Å². The van der Waals surface area contributed by atoms with Crippen molar-refractivity contribution in [3.8, 4) is 6.07 Å². The first-order valence-electron chi connectivity index (χ1n) is 5.12. The second kappa shape index (κ2) is 5.46. The first-order chi connectivity index (χ1) is 8.60. The Morgan fingerprint density at radius 1 is 1.17 bits per heavy atom. The molecule has 2 aromatic carbocycles. The van der Waals surface area contributed by atoms with Gasteiger partial charge in [-0.1, -0.05) is 11.6 Å². The van der Waals surface area contributed by atoms with Crippen molar-refractivity contribution in [2.75, 3.05) is 11.1 Å². The van der Waals surface area contributed by atoms with Gasteiger partial charge in [-0.25, -0.2) is 0 Å². The van der Waals surface area contributed by atoms with Crippen LogP contribution in [0.1, 0.15) is 5.56 Å². The molecule has 0 atom stereocenters. The van der Waals surface area contributed by atoms with Gasteiger partial charge < -0.3 is 11.1 Å². The van der Waals surface area contributed by atoms with Gasteiger partial charge in [0.1, 0.15) is 0 Å². The Morgan fingerprint density at radius 2 is 1.89 bits per heavy atom. The lowest BCUT2D eigenvalue weighted by Crippen LogP contribution is -1.95. The number of nitrogens with one attached hydrogen (secondary N) is 1. The Bertz CT molecular complexity index is 635. The summed E-state index contributed by atoms with van der Waals surface area (Å²) < 4.78 is 1.01. The Hall–Kier alpha value is -1.45. The quantitative estimate of drug-likeness (QED) is 0.618. The molecule has 0 heterocycles. The van der Waals surface area contributed by atoms with E-state index in [2.05, 4.69) is 27.9 Å². The summed E-state index contributed by atoms with van der Waals surface area (Å²) in [6.45, 7) is 0. The number of benzene rings is 2. The fourth-order valence-corrected chi connectivity index (χ4v) is 2.37. The minimum Gasteiger partial charge on any atom is -0.399 e. The van der Waals surface area contributed by atoms with Gasteiger partial charge in [0.15, 0.2) is 0 Å². The van der Waals surface area contributed by atoms with Gasteiger partial charge in [0.2, 0.25) is 0 Å². The lowest BCUT2D eigenvalue weighted by atomic mass is 10.2. The number of halogens is 2. The molecule has 0 radical (unpaired) electrons. The molecule has 3 nitrogen and oxygen atoms in total. The standard InChI is InChI=1S/C13H9ClIN3/c14-10-5-8(7-16)1-3-12(10)18-13-4-2-9(17)6-11(13)15/h1-6,18H,17H2. The van der Waals surface area contributed by atoms with E-state index >= 15 is 0 Å². The van der Waals surface area contributed by atoms with E-state index in [0.29, 0.717) is 10.6 Å². The van der Waals surface area contributed by atoms with Crippen molar-refractivity contribution < 1.29 is 0 Å². The highest BCUT2D eigenvalue weighted by atomic mass is 127. The van der Waals surface area contributed by atoms with E-state index in [1.54, 1.807) is 18.2 Å². The molecule has 0 aromatic heterocycles. The third kappa shape index (κ3) is 2.86. The van der Waals surface area contributed by atoms with Gasteiger partial charge in [-0.3, -0.25) is 0 Å². The average Bonchev–Trinajstić information content (AvgIpc) is 2.34. The molecule has 0 fully saturated rings. The summed E-state index contributed by atoms with van der Waals surface area (Å²) in [6.07, 6.45) is 0. The van der Waals surface area contributed by atoms with E-state index in [9.17, 15) is 0 Å². The fourth-order valence-electron chi connectivity index (χ4n) is 1.46. The maximum Gasteiger partial charge on any atom is 0.0992 e. The lowest BCUT2D eigenvalue weighted by Gasteiger charge is -2.10. The smallest absolute Gasteiger partial charge is 0.0992 e. The molecule has 0 aliphatic rings. The predicted molar refractivity (Wildman–Crippen MR) is 83.0 cm³/mol. The van der Waals surface area contributed by atoms with Crippen LogP contribution in [-0.4, -0.2) is 0 Å². The minimum absolute atomic E-state index is 0.515. The molecule has 18 heavy (non-hydrogen) atoms. The van der Waals surface area contributed by atoms with Crippen molar-refractivity contribution in [3.05, 3.63) is 50.6 Å². The minimum atomic E-state index is 0.515. The van der Waals surface area contributed by atoms with Crippen LogP contribution in [-0.2, 0) is 0 Å². The van der Waals surface area contributed by atoms with Crippen LogP contribution < -0.4 is 11.1 Å². The summed E-state index contributed by atoms with van der Waals surface area (Å²) >= 11 is 8.30. The van der Waals surface area contributed by atoms with Gasteiger partial charge in [0.05, 0.1) is 28.0 Å². The number of nitrogen functional groups attached to an aromatic ring is 1. The van der Waals surface area contributed by atoms with E-state index in [-0.39, 0.29) is 0 Å². The monoisotopic (exact) mass is 369 g/mol. The number of hydrogen-bond donors (Lipinski definition) is 2. The van der Waals surface area contributed by atoms with E-state index in [1.807, 2.05) is 24.3 Å². The van der Waals surface area contributed by atoms with Crippen molar-refractivity contribution in [3.63, 3.8) is 0 Å². The van der Waals surface area contributed by atoms with Crippen molar-refractivity contribution in [1.82, 2.24) is 0 Å². The van der Waals surface area contributed by atoms with Crippen LogP contribution in [0.3, 0.4) is 0 Å². The highest BCUT2D eigenvalue weighted by Crippen LogP contribution is 2.29. The number of hydrogen-bond acceptors (Lipinski definition) is 3. The molecule has 0 unspecified atom stereocenters. The van der Waals surface area contributed by atoms with Gasteiger partial charge in [-0.2, -0.15) is 5.26 Å². The van der Waals surface area contributed by atoms with Gasteiger partial charge in [-0.05, 0) is 59.0 Å². The van der Waals surface area contributed by atoms with Gasteiger partial charge in [0, 0.05) is 9.26 Å². The van der Waals surface area contributed by atoms with Crippen LogP contribution in [0.4, 0.5) is 17.1 Å². The van der Waals surface area contributed by atoms with Crippen LogP contribution >= 0.6 is 34.2 Å². The van der Waals surface area contributed by atoms with E-state index in [1.165, 1.54) is 0 Å². The molecule has 0 bridgehead atoms. The lowest BCUT2D eigenvalue weighted by molar-refractivity contribution is 1.47. The maximum absolute atomic E-state index is 8.77. The first-order valence-corrected chi connectivity index (χ1v) is 6.57. The molecule has 0 amide bonds. The number of nitrogens with zero attached hydrogens (tertiary/aromatic N) is 1. The normalized spacial score (nSPS) is 9.83. The van der Waals surface area contributed by atoms with Gasteiger partial charge in [0.25, 0.3) is 0 Å². The second-order valence-electron chi connectivity index (χ2n) is 3.67. The van der Waals surface area contributed by atoms with E-state index in [4.69, 9.17) is 22.6 Å². The Balaban J connectivity index is 2.32. The highest BCUT2D eigenvalue weighted by molar-refractivity contribution is 14.1. The number of nitriles is 1. The van der Waals surface area contributed by atoms with Crippen molar-refractivity contribution in [1.29, 1.82) is 5.26 Å². The zero-order chi connectivity index (χ0) is 13.1. The third-order valence-corrected chi connectivity index (χ3v) is 3.57. The second-order valence-corrected chi connectivity index (χ2v) is 5.24. The zero-order valence-corrected chi connectivity index (χ0v) is 12.2. The average molecular weight is 370 g/mol. The molecular formula is C13H9ClIN3. The molecule has 0 saturated heterocycles. The number of rotatable bonds is 2. The topological polar surface area (TPSA) is 61.8 Å². The van der Waals surface area contributed by atoms with Crippen molar-refractivity contribution in [2.24, 2.45) is 0 Å². The number of nitrogens with two attached hydrogens (primary N) is 1. The van der Waals surface area contributed by atoms with Crippen LogP contribution in [0.15, 0.2) is 36.4 Å². The summed E-state index contributed by atoms with van der Waals surface area (Å²) in [4.78, 5) is 0. The molecule has 5 heteroatoms. The summed E-state index contributed by atoms with van der Waals surface area (Å²) in [5, 5.41) is 12.5. The van der Waals surface area contributed by atoms with Crippen LogP contribution in [0.25, 0.3) is 0 Å². The zero-order valence-electron chi connectivity index (χ0n) is 9.24. The highest BCUT2D eigenvalue weighted by Gasteiger charge is 2.05. The van der Waals surface area contributed by atoms with Crippen LogP contribution in [0.2, 0.25) is 5.02 Å². The summed E-state index contributed by atoms with van der Waals surface area (Å²) in [6, 6.07) is 12.8. The number of anilines is 3. The molecule has 90 valence electrons. The molecule has 0 spiro atoms. The Morgan fingerprint density at radius 3 is 2.50 bits per heavy atom. The van der Waals surface area contributed by atoms with Crippen molar-refractivity contribution in [2.45, 2.75) is 0 Å². The Kier molecular flexibility index (Phi) is 3.94. The summed E-state index contributed by atoms with van der Waals surface area (Å²) in [5.74, 6) is 0. The molecule has 2 rings (SSSR count). The molecule has 3 N–H and O–H groups in total. The maximum atomic E-state index is 8.77. The first kappa shape index (κ1) is 13.0. The molecule has 2 aromatic rings. The summed E-state index contributed by atoms with van der Waals surface area (Å²) in [7, 11) is 0. The van der Waals surface area contributed by atoms with Gasteiger partial charge in [-0.15, -0.1) is 0 Å². The van der Waals surface area contributed by atoms with Crippen molar-refractivity contribution >= 4 is 51.3 Å². The Labute approximate surface area is 124 Å². The van der Waals surface area contributed by atoms with E-state index < -0.39 is 0 Å². The SMILES string of the molecule is N#Cc1ccc(Nc2ccc(N)cc2I)c(Cl)c1. The molecule has 0 aliphatic heterocycles. The molecular weight excluding hydrogens is 361 g/mol. The molecule has 0 aliphatic carbocycles. The molecule has 0 saturated carbocycles. The largest absolute Gasteiger partial charge is 0.399 e. The predicted octanol–water partition coefficient (Wildman–Crippen LogP) is 4.14. The van der Waals surface area contributed by atoms with Crippen LogP contribution in [0.5, 0.6) is 0 Å². The van der Waals surface area contributed by atoms with Crippen LogP contribution in [0, 0.1) is 14.9 Å².